The van der Waals surface area contributed by atoms with E-state index in [0.29, 0.717) is 32.4 Å². The van der Waals surface area contributed by atoms with Crippen molar-refractivity contribution >= 4 is 18.0 Å². The molecule has 0 spiro atoms. The highest BCUT2D eigenvalue weighted by Crippen LogP contribution is 2.25. The van der Waals surface area contributed by atoms with Gasteiger partial charge >= 0.3 is 12.1 Å². The summed E-state index contributed by atoms with van der Waals surface area (Å²) in [5.41, 5.74) is 6.20. The first-order valence-electron chi connectivity index (χ1n) is 15.0. The first kappa shape index (κ1) is 32.6. The summed E-state index contributed by atoms with van der Waals surface area (Å²) in [6.45, 7) is 6.53. The highest BCUT2D eigenvalue weighted by molar-refractivity contribution is 5.79. The fourth-order valence-corrected chi connectivity index (χ4v) is 5.58. The van der Waals surface area contributed by atoms with Crippen LogP contribution < -0.4 is 10.6 Å². The van der Waals surface area contributed by atoms with Crippen molar-refractivity contribution in [2.75, 3.05) is 19.7 Å². The SMILES string of the molecule is Cc1cc(C)c(CN[C@@H](CNC(=O)CO[C@@H]2C[C@@H](CCc3ccccn3)N(C(=O)OCc3ccccc3)C2)C(=O)O)c(C)c1. The Morgan fingerprint density at radius 3 is 2.45 bits per heavy atom. The molecule has 2 aromatic carbocycles. The molecule has 44 heavy (non-hydrogen) atoms. The Bertz CT molecular complexity index is 1380. The number of carboxylic acids is 1. The van der Waals surface area contributed by atoms with Crippen LogP contribution in [0.15, 0.2) is 66.9 Å². The zero-order chi connectivity index (χ0) is 31.5. The Morgan fingerprint density at radius 1 is 1.05 bits per heavy atom. The van der Waals surface area contributed by atoms with Crippen molar-refractivity contribution in [3.8, 4) is 0 Å². The van der Waals surface area contributed by atoms with Crippen LogP contribution in [0, 0.1) is 20.8 Å². The first-order valence-corrected chi connectivity index (χ1v) is 15.0. The van der Waals surface area contributed by atoms with Crippen molar-refractivity contribution < 1.29 is 29.0 Å². The number of amides is 2. The zero-order valence-electron chi connectivity index (χ0n) is 25.6. The second-order valence-corrected chi connectivity index (χ2v) is 11.3. The minimum Gasteiger partial charge on any atom is -0.480 e. The van der Waals surface area contributed by atoms with Crippen LogP contribution in [0.5, 0.6) is 0 Å². The summed E-state index contributed by atoms with van der Waals surface area (Å²) in [5, 5.41) is 15.4. The van der Waals surface area contributed by atoms with Crippen molar-refractivity contribution in [2.45, 2.75) is 71.4 Å². The minimum absolute atomic E-state index is 0.0865. The zero-order valence-corrected chi connectivity index (χ0v) is 25.6. The van der Waals surface area contributed by atoms with Crippen LogP contribution in [-0.4, -0.2) is 70.8 Å². The summed E-state index contributed by atoms with van der Waals surface area (Å²) in [6, 6.07) is 18.3. The predicted octanol–water partition coefficient (Wildman–Crippen LogP) is 4.09. The van der Waals surface area contributed by atoms with Gasteiger partial charge in [0.05, 0.1) is 12.6 Å². The van der Waals surface area contributed by atoms with Gasteiger partial charge in [-0.3, -0.25) is 19.9 Å². The number of hydrogen-bond acceptors (Lipinski definition) is 7. The van der Waals surface area contributed by atoms with E-state index in [9.17, 15) is 19.5 Å². The Balaban J connectivity index is 1.28. The maximum atomic E-state index is 13.1. The fourth-order valence-electron chi connectivity index (χ4n) is 5.58. The van der Waals surface area contributed by atoms with E-state index in [1.807, 2.05) is 69.3 Å². The third kappa shape index (κ3) is 9.62. The lowest BCUT2D eigenvalue weighted by Gasteiger charge is -2.23. The van der Waals surface area contributed by atoms with Gasteiger partial charge in [-0.1, -0.05) is 54.1 Å². The quantitative estimate of drug-likeness (QED) is 0.252. The number of likely N-dealkylation sites (tertiary alicyclic amines) is 1. The van der Waals surface area contributed by atoms with Crippen LogP contribution >= 0.6 is 0 Å². The van der Waals surface area contributed by atoms with Crippen molar-refractivity contribution in [1.82, 2.24) is 20.5 Å². The van der Waals surface area contributed by atoms with E-state index in [0.717, 1.165) is 33.5 Å². The van der Waals surface area contributed by atoms with Crippen LogP contribution in [0.1, 0.15) is 46.4 Å². The maximum absolute atomic E-state index is 13.1. The van der Waals surface area contributed by atoms with Gasteiger partial charge in [-0.2, -0.15) is 0 Å². The highest BCUT2D eigenvalue weighted by Gasteiger charge is 2.37. The van der Waals surface area contributed by atoms with Gasteiger partial charge in [0.1, 0.15) is 19.3 Å². The predicted molar refractivity (Wildman–Crippen MR) is 166 cm³/mol. The number of ether oxygens (including phenoxy) is 2. The maximum Gasteiger partial charge on any atom is 0.410 e. The molecule has 3 N–H and O–H groups in total. The molecule has 2 amide bonds. The molecule has 3 aromatic rings. The second kappa shape index (κ2) is 16.0. The van der Waals surface area contributed by atoms with Crippen molar-refractivity contribution in [2.24, 2.45) is 0 Å². The molecule has 1 fully saturated rings. The van der Waals surface area contributed by atoms with Gasteiger partial charge in [-0.15, -0.1) is 0 Å². The summed E-state index contributed by atoms with van der Waals surface area (Å²) >= 11 is 0. The topological polar surface area (TPSA) is 130 Å². The molecule has 0 radical (unpaired) electrons. The van der Waals surface area contributed by atoms with Crippen molar-refractivity contribution in [3.63, 3.8) is 0 Å². The molecule has 1 aliphatic heterocycles. The summed E-state index contributed by atoms with van der Waals surface area (Å²) in [7, 11) is 0. The number of carbonyl (C=O) groups is 3. The molecule has 3 atom stereocenters. The normalized spacial score (nSPS) is 16.8. The largest absolute Gasteiger partial charge is 0.480 e. The fraction of sp³-hybridized carbons (Fsp3) is 0.412. The van der Waals surface area contributed by atoms with E-state index in [1.165, 1.54) is 0 Å². The molecule has 0 aliphatic carbocycles. The van der Waals surface area contributed by atoms with Crippen LogP contribution in [0.4, 0.5) is 4.79 Å². The molecule has 0 bridgehead atoms. The molecule has 0 unspecified atom stereocenters. The number of aliphatic carboxylic acids is 1. The first-order chi connectivity index (χ1) is 21.2. The van der Waals surface area contributed by atoms with E-state index in [2.05, 4.69) is 27.8 Å². The number of hydrogen-bond donors (Lipinski definition) is 3. The molecule has 10 nitrogen and oxygen atoms in total. The lowest BCUT2D eigenvalue weighted by atomic mass is 9.99. The van der Waals surface area contributed by atoms with Gasteiger partial charge in [-0.25, -0.2) is 4.79 Å². The van der Waals surface area contributed by atoms with E-state index in [-0.39, 0.29) is 31.9 Å². The van der Waals surface area contributed by atoms with Crippen molar-refractivity contribution in [1.29, 1.82) is 0 Å². The number of benzene rings is 2. The van der Waals surface area contributed by atoms with E-state index >= 15 is 0 Å². The monoisotopic (exact) mass is 602 g/mol. The third-order valence-electron chi connectivity index (χ3n) is 7.89. The average Bonchev–Trinajstić information content (AvgIpc) is 3.42. The van der Waals surface area contributed by atoms with Gasteiger partial charge in [-0.05, 0) is 74.4 Å². The standard InChI is InChI=1S/C34H42N4O6/c1-23-15-24(2)30(25(3)16-23)18-36-31(33(40)41)19-37-32(39)22-43-29-17-28(13-12-27-11-7-8-14-35-27)38(20-29)34(42)44-21-26-9-5-4-6-10-26/h4-11,14-16,28-29,31,36H,12-13,17-22H2,1-3H3,(H,37,39)(H,40,41)/t28-,29-,31+/m1/s1. The molecule has 1 aromatic heterocycles. The molecule has 0 saturated carbocycles. The van der Waals surface area contributed by atoms with Crippen LogP contribution in [-0.2, 0) is 38.6 Å². The van der Waals surface area contributed by atoms with E-state index < -0.39 is 24.0 Å². The van der Waals surface area contributed by atoms with Gasteiger partial charge in [0.15, 0.2) is 0 Å². The molecule has 10 heteroatoms. The molecule has 2 heterocycles. The number of carbonyl (C=O) groups excluding carboxylic acids is 2. The van der Waals surface area contributed by atoms with Gasteiger partial charge in [0.2, 0.25) is 5.91 Å². The average molecular weight is 603 g/mol. The third-order valence-corrected chi connectivity index (χ3v) is 7.89. The number of aryl methyl sites for hydroxylation is 4. The minimum atomic E-state index is -1.05. The molecular weight excluding hydrogens is 560 g/mol. The summed E-state index contributed by atoms with van der Waals surface area (Å²) in [4.78, 5) is 43.7. The number of carboxylic acid groups (broad SMARTS) is 1. The van der Waals surface area contributed by atoms with Gasteiger partial charge < -0.3 is 24.8 Å². The van der Waals surface area contributed by atoms with Crippen molar-refractivity contribution in [3.05, 3.63) is 100 Å². The molecule has 234 valence electrons. The Hall–Kier alpha value is -4.28. The van der Waals surface area contributed by atoms with Crippen LogP contribution in [0.25, 0.3) is 0 Å². The number of nitrogens with one attached hydrogen (secondary N) is 2. The Morgan fingerprint density at radius 2 is 1.77 bits per heavy atom. The highest BCUT2D eigenvalue weighted by atomic mass is 16.6. The van der Waals surface area contributed by atoms with Gasteiger partial charge in [0.25, 0.3) is 0 Å². The van der Waals surface area contributed by atoms with E-state index in [1.54, 1.807) is 11.1 Å². The summed E-state index contributed by atoms with van der Waals surface area (Å²) < 4.78 is 11.5. The lowest BCUT2D eigenvalue weighted by Crippen LogP contribution is -2.46. The van der Waals surface area contributed by atoms with Crippen LogP contribution in [0.3, 0.4) is 0 Å². The second-order valence-electron chi connectivity index (χ2n) is 11.3. The summed E-state index contributed by atoms with van der Waals surface area (Å²) in [6.07, 6.45) is 2.87. The van der Waals surface area contributed by atoms with E-state index in [4.69, 9.17) is 9.47 Å². The van der Waals surface area contributed by atoms with Gasteiger partial charge in [0, 0.05) is 31.0 Å². The Labute approximate surface area is 258 Å². The number of aromatic nitrogens is 1. The number of nitrogens with zero attached hydrogens (tertiary/aromatic N) is 2. The smallest absolute Gasteiger partial charge is 0.410 e. The molecule has 4 rings (SSSR count). The Kier molecular flexibility index (Phi) is 11.8. The number of rotatable bonds is 14. The molecule has 1 saturated heterocycles. The molecule has 1 aliphatic rings. The number of pyridine rings is 1. The van der Waals surface area contributed by atoms with Crippen LogP contribution in [0.2, 0.25) is 0 Å². The summed E-state index contributed by atoms with van der Waals surface area (Å²) in [5.74, 6) is -1.47. The molecular formula is C34H42N4O6. The lowest BCUT2D eigenvalue weighted by molar-refractivity contribution is -0.139.